The van der Waals surface area contributed by atoms with Crippen LogP contribution in [0.15, 0.2) is 60.7 Å². The molecule has 2 aromatic carbocycles. The Morgan fingerprint density at radius 3 is 1.42 bits per heavy atom. The Morgan fingerprint density at radius 1 is 0.750 bits per heavy atom. The molecule has 2 aliphatic carbocycles. The van der Waals surface area contributed by atoms with Gasteiger partial charge in [0.25, 0.3) is 0 Å². The predicted molar refractivity (Wildman–Crippen MR) is 148 cm³/mol. The number of carboxylic acids is 1. The molecule has 1 N–H and O–H groups in total. The van der Waals surface area contributed by atoms with Crippen molar-refractivity contribution in [2.75, 3.05) is 28.2 Å². The van der Waals surface area contributed by atoms with E-state index in [0.717, 1.165) is 57.7 Å². The second kappa shape index (κ2) is 13.4. The van der Waals surface area contributed by atoms with Gasteiger partial charge in [-0.1, -0.05) is 60.7 Å². The lowest BCUT2D eigenvalue weighted by atomic mass is 9.72. The summed E-state index contributed by atoms with van der Waals surface area (Å²) in [6, 6.07) is 21.1. The van der Waals surface area contributed by atoms with E-state index in [1.807, 2.05) is 6.07 Å². The Hall–Kier alpha value is -2.21. The van der Waals surface area contributed by atoms with Gasteiger partial charge in [0.2, 0.25) is 0 Å². The van der Waals surface area contributed by atoms with Crippen molar-refractivity contribution >= 4 is 24.7 Å². The van der Waals surface area contributed by atoms with Crippen molar-refractivity contribution in [1.29, 1.82) is 0 Å². The Bertz CT molecular complexity index is 933. The maximum absolute atomic E-state index is 11.1. The van der Waals surface area contributed by atoms with Crippen LogP contribution in [0.2, 0.25) is 0 Å². The highest BCUT2D eigenvalue weighted by atomic mass is 35.5. The Morgan fingerprint density at radius 2 is 1.11 bits per heavy atom. The molecule has 0 spiro atoms. The molecule has 4 rings (SSSR count). The number of rotatable bonds is 6. The fourth-order valence-corrected chi connectivity index (χ4v) is 6.08. The number of hydrogen-bond donors (Lipinski definition) is 1. The minimum absolute atomic E-state index is 0. The van der Waals surface area contributed by atoms with Gasteiger partial charge in [-0.3, -0.25) is 14.6 Å². The van der Waals surface area contributed by atoms with Crippen LogP contribution in [0.1, 0.15) is 62.5 Å². The molecule has 0 heterocycles. The smallest absolute Gasteiger partial charge is 0.306 e. The number of carboxylic acid groups (broad SMARTS) is 1. The van der Waals surface area contributed by atoms with E-state index < -0.39 is 5.97 Å². The van der Waals surface area contributed by atoms with Gasteiger partial charge in [0.05, 0.1) is 5.92 Å². The highest BCUT2D eigenvalue weighted by Gasteiger charge is 2.40. The summed E-state index contributed by atoms with van der Waals surface area (Å²) in [4.78, 5) is 26.5. The van der Waals surface area contributed by atoms with Crippen LogP contribution in [0, 0.1) is 11.8 Å². The molecule has 0 bridgehead atoms. The summed E-state index contributed by atoms with van der Waals surface area (Å²) >= 11 is 0. The molecule has 36 heavy (non-hydrogen) atoms. The number of aliphatic carboxylic acids is 1. The molecule has 0 amide bonds. The largest absolute Gasteiger partial charge is 0.481 e. The molecule has 0 saturated heterocycles. The van der Waals surface area contributed by atoms with Gasteiger partial charge < -0.3 is 9.90 Å². The van der Waals surface area contributed by atoms with Crippen LogP contribution in [0.3, 0.4) is 0 Å². The minimum atomic E-state index is -0.643. The van der Waals surface area contributed by atoms with Crippen molar-refractivity contribution in [2.45, 2.75) is 62.4 Å². The first-order valence-electron chi connectivity index (χ1n) is 12.9. The lowest BCUT2D eigenvalue weighted by Gasteiger charge is -2.45. The summed E-state index contributed by atoms with van der Waals surface area (Å²) in [5.74, 6) is -0.538. The number of hydrogen-bond acceptors (Lipinski definition) is 4. The van der Waals surface area contributed by atoms with Gasteiger partial charge in [-0.15, -0.1) is 12.4 Å². The van der Waals surface area contributed by atoms with Crippen LogP contribution in [-0.4, -0.2) is 55.4 Å². The highest BCUT2D eigenvalue weighted by Crippen LogP contribution is 2.43. The van der Waals surface area contributed by atoms with Gasteiger partial charge >= 0.3 is 5.97 Å². The van der Waals surface area contributed by atoms with Gasteiger partial charge in [0.15, 0.2) is 0 Å². The van der Waals surface area contributed by atoms with Crippen molar-refractivity contribution in [3.63, 3.8) is 0 Å². The van der Waals surface area contributed by atoms with Gasteiger partial charge in [0.1, 0.15) is 6.29 Å². The van der Waals surface area contributed by atoms with Gasteiger partial charge in [0, 0.05) is 17.0 Å². The Labute approximate surface area is 223 Å². The van der Waals surface area contributed by atoms with Crippen LogP contribution < -0.4 is 0 Å². The van der Waals surface area contributed by atoms with Gasteiger partial charge in [-0.05, 0) is 90.7 Å². The standard InChI is InChI=1S/C15H21NO2.C15H21NO.ClH/c1-16(2)15(13-6-4-3-5-7-13)10-8-12(9-11-15)14(17)18;1-16(2)15(14-6-4-3-5-7-14)10-8-13(12-17)9-11-15;/h3-7,12H,8-11H2,1-2H3,(H,17,18);3-7,12-13H,8-11H2,1-2H3;1H. The fourth-order valence-electron chi connectivity index (χ4n) is 6.08. The summed E-state index contributed by atoms with van der Waals surface area (Å²) in [5, 5.41) is 9.10. The van der Waals surface area contributed by atoms with Crippen LogP contribution in [-0.2, 0) is 20.7 Å². The van der Waals surface area contributed by atoms with E-state index in [1.165, 1.54) is 11.1 Å². The van der Waals surface area contributed by atoms with E-state index in [9.17, 15) is 9.59 Å². The topological polar surface area (TPSA) is 60.9 Å². The SMILES string of the molecule is CN(C)C1(c2ccccc2)CCC(C(=O)O)CC1.CN(C)C1(c2ccccc2)CCC(C=O)CC1.Cl. The van der Waals surface area contributed by atoms with Crippen molar-refractivity contribution in [2.24, 2.45) is 11.8 Å². The number of carbonyl (C=O) groups is 2. The number of carbonyl (C=O) groups excluding carboxylic acids is 1. The molecule has 6 heteroatoms. The molecule has 0 radical (unpaired) electrons. The van der Waals surface area contributed by atoms with E-state index >= 15 is 0 Å². The lowest BCUT2D eigenvalue weighted by molar-refractivity contribution is -0.143. The lowest BCUT2D eigenvalue weighted by Crippen LogP contribution is -2.45. The Kier molecular flexibility index (Phi) is 11.1. The van der Waals surface area contributed by atoms with Crippen molar-refractivity contribution in [1.82, 2.24) is 9.80 Å². The van der Waals surface area contributed by atoms with Gasteiger partial charge in [-0.2, -0.15) is 0 Å². The van der Waals surface area contributed by atoms with E-state index in [1.54, 1.807) is 0 Å². The average Bonchev–Trinajstić information content (AvgIpc) is 2.90. The molecule has 0 aliphatic heterocycles. The molecule has 2 saturated carbocycles. The van der Waals surface area contributed by atoms with Crippen LogP contribution in [0.4, 0.5) is 0 Å². The van der Waals surface area contributed by atoms with E-state index in [0.29, 0.717) is 0 Å². The molecule has 0 unspecified atom stereocenters. The summed E-state index contributed by atoms with van der Waals surface area (Å²) < 4.78 is 0. The third-order valence-electron chi connectivity index (χ3n) is 8.55. The fraction of sp³-hybridized carbons (Fsp3) is 0.533. The molecule has 2 aromatic rings. The third-order valence-corrected chi connectivity index (χ3v) is 8.55. The molecule has 2 aliphatic rings. The molecule has 5 nitrogen and oxygen atoms in total. The van der Waals surface area contributed by atoms with Crippen molar-refractivity contribution in [3.05, 3.63) is 71.8 Å². The monoisotopic (exact) mass is 514 g/mol. The van der Waals surface area contributed by atoms with Crippen molar-refractivity contribution < 1.29 is 14.7 Å². The zero-order valence-electron chi connectivity index (χ0n) is 22.2. The second-order valence-corrected chi connectivity index (χ2v) is 10.7. The Balaban J connectivity index is 0.000000247. The maximum Gasteiger partial charge on any atom is 0.306 e. The molecule has 198 valence electrons. The van der Waals surface area contributed by atoms with Crippen LogP contribution in [0.5, 0.6) is 0 Å². The zero-order chi connectivity index (χ0) is 25.5. The number of nitrogens with zero attached hydrogens (tertiary/aromatic N) is 2. The summed E-state index contributed by atoms with van der Waals surface area (Å²) in [6.07, 6.45) is 8.67. The van der Waals surface area contributed by atoms with E-state index in [2.05, 4.69) is 92.6 Å². The first-order valence-corrected chi connectivity index (χ1v) is 12.9. The van der Waals surface area contributed by atoms with E-state index in [-0.39, 0.29) is 35.3 Å². The van der Waals surface area contributed by atoms with Crippen LogP contribution in [0.25, 0.3) is 0 Å². The third kappa shape index (κ3) is 6.56. The average molecular weight is 515 g/mol. The molecule has 0 atom stereocenters. The molecular weight excluding hydrogens is 472 g/mol. The zero-order valence-corrected chi connectivity index (χ0v) is 23.0. The normalized spacial score (nSPS) is 27.9. The number of halogens is 1. The first-order chi connectivity index (χ1) is 16.7. The second-order valence-electron chi connectivity index (χ2n) is 10.7. The first kappa shape index (κ1) is 30.0. The quantitative estimate of drug-likeness (QED) is 0.481. The summed E-state index contributed by atoms with van der Waals surface area (Å²) in [5.41, 5.74) is 2.82. The summed E-state index contributed by atoms with van der Waals surface area (Å²) in [6.45, 7) is 0. The molecular formula is C30H43ClN2O3. The number of benzene rings is 2. The van der Waals surface area contributed by atoms with Crippen LogP contribution >= 0.6 is 12.4 Å². The predicted octanol–water partition coefficient (Wildman–Crippen LogP) is 5.97. The van der Waals surface area contributed by atoms with E-state index in [4.69, 9.17) is 5.11 Å². The molecule has 2 fully saturated rings. The maximum atomic E-state index is 11.1. The summed E-state index contributed by atoms with van der Waals surface area (Å²) in [7, 11) is 8.48. The van der Waals surface area contributed by atoms with Crippen molar-refractivity contribution in [3.8, 4) is 0 Å². The van der Waals surface area contributed by atoms with Gasteiger partial charge in [-0.25, -0.2) is 0 Å². The highest BCUT2D eigenvalue weighted by molar-refractivity contribution is 5.85. The molecule has 0 aromatic heterocycles. The minimum Gasteiger partial charge on any atom is -0.481 e. The number of aldehydes is 1.